The fraction of sp³-hybridized carbons (Fsp3) is 0.476. The van der Waals surface area contributed by atoms with Gasteiger partial charge in [-0.2, -0.15) is 0 Å². The number of rotatable bonds is 7. The van der Waals surface area contributed by atoms with Crippen LogP contribution in [0.25, 0.3) is 10.8 Å². The van der Waals surface area contributed by atoms with Crippen LogP contribution in [0.5, 0.6) is 5.75 Å². The maximum Gasteiger partial charge on any atom is 0.222 e. The average Bonchev–Trinajstić information content (AvgIpc) is 2.66. The van der Waals surface area contributed by atoms with Crippen LogP contribution < -0.4 is 10.1 Å². The normalized spacial score (nSPS) is 14.9. The molecule has 0 bridgehead atoms. The Morgan fingerprint density at radius 3 is 2.65 bits per heavy atom. The van der Waals surface area contributed by atoms with Crippen LogP contribution >= 0.6 is 12.4 Å². The van der Waals surface area contributed by atoms with Crippen LogP contribution in [0, 0.1) is 5.92 Å². The molecular formula is C21H29ClN2O2. The number of nitrogens with one attached hydrogen (secondary N) is 1. The molecule has 0 atom stereocenters. The lowest BCUT2D eigenvalue weighted by molar-refractivity contribution is -0.132. The van der Waals surface area contributed by atoms with Gasteiger partial charge in [-0.3, -0.25) is 4.79 Å². The first kappa shape index (κ1) is 20.5. The molecule has 0 saturated carbocycles. The molecule has 4 nitrogen and oxygen atoms in total. The Morgan fingerprint density at radius 2 is 1.88 bits per heavy atom. The second-order valence-corrected chi connectivity index (χ2v) is 6.81. The van der Waals surface area contributed by atoms with Crippen LogP contribution in [-0.4, -0.2) is 44.1 Å². The third-order valence-corrected chi connectivity index (χ3v) is 5.00. The SMILES string of the molecule is CNCC1CCN(C(=O)CCCOc2cccc3ccccc23)CC1.Cl. The summed E-state index contributed by atoms with van der Waals surface area (Å²) in [6.45, 7) is 3.43. The van der Waals surface area contributed by atoms with Crippen molar-refractivity contribution in [2.45, 2.75) is 25.7 Å². The topological polar surface area (TPSA) is 41.6 Å². The van der Waals surface area contributed by atoms with Gasteiger partial charge in [0.05, 0.1) is 6.61 Å². The number of hydrogen-bond donors (Lipinski definition) is 1. The monoisotopic (exact) mass is 376 g/mol. The van der Waals surface area contributed by atoms with Crippen molar-refractivity contribution in [3.8, 4) is 5.75 Å². The summed E-state index contributed by atoms with van der Waals surface area (Å²) >= 11 is 0. The van der Waals surface area contributed by atoms with Crippen molar-refractivity contribution < 1.29 is 9.53 Å². The molecule has 0 unspecified atom stereocenters. The Morgan fingerprint density at radius 1 is 1.15 bits per heavy atom. The van der Waals surface area contributed by atoms with Gasteiger partial charge >= 0.3 is 0 Å². The van der Waals surface area contributed by atoms with E-state index >= 15 is 0 Å². The fourth-order valence-electron chi connectivity index (χ4n) is 3.56. The molecule has 26 heavy (non-hydrogen) atoms. The van der Waals surface area contributed by atoms with Crippen LogP contribution in [0.4, 0.5) is 0 Å². The lowest BCUT2D eigenvalue weighted by Crippen LogP contribution is -2.40. The van der Waals surface area contributed by atoms with E-state index in [1.54, 1.807) is 0 Å². The number of likely N-dealkylation sites (tertiary alicyclic amines) is 1. The minimum Gasteiger partial charge on any atom is -0.493 e. The molecule has 1 amide bonds. The number of hydrogen-bond acceptors (Lipinski definition) is 3. The predicted octanol–water partition coefficient (Wildman–Crippen LogP) is 3.88. The molecule has 0 spiro atoms. The molecule has 142 valence electrons. The maximum absolute atomic E-state index is 12.3. The van der Waals surface area contributed by atoms with Gasteiger partial charge in [-0.1, -0.05) is 36.4 Å². The van der Waals surface area contributed by atoms with Gasteiger partial charge < -0.3 is 15.0 Å². The molecule has 1 N–H and O–H groups in total. The van der Waals surface area contributed by atoms with Crippen LogP contribution in [0.1, 0.15) is 25.7 Å². The molecule has 1 saturated heterocycles. The van der Waals surface area contributed by atoms with E-state index in [1.807, 2.05) is 36.2 Å². The number of benzene rings is 2. The number of halogens is 1. The molecule has 0 aromatic heterocycles. The van der Waals surface area contributed by atoms with E-state index in [0.29, 0.717) is 18.9 Å². The second-order valence-electron chi connectivity index (χ2n) is 6.81. The maximum atomic E-state index is 12.3. The van der Waals surface area contributed by atoms with Gasteiger partial charge in [0, 0.05) is 24.9 Å². The molecule has 1 aliphatic heterocycles. The van der Waals surface area contributed by atoms with Crippen molar-refractivity contribution in [1.82, 2.24) is 10.2 Å². The summed E-state index contributed by atoms with van der Waals surface area (Å²) < 4.78 is 5.93. The summed E-state index contributed by atoms with van der Waals surface area (Å²) in [5.41, 5.74) is 0. The van der Waals surface area contributed by atoms with Gasteiger partial charge in [0.25, 0.3) is 0 Å². The molecule has 3 rings (SSSR count). The fourth-order valence-corrected chi connectivity index (χ4v) is 3.56. The molecule has 0 aliphatic carbocycles. The Balaban J connectivity index is 0.00000243. The molecule has 1 fully saturated rings. The highest BCUT2D eigenvalue weighted by Gasteiger charge is 2.21. The summed E-state index contributed by atoms with van der Waals surface area (Å²) in [6, 6.07) is 14.3. The Kier molecular flexibility index (Phi) is 8.20. The summed E-state index contributed by atoms with van der Waals surface area (Å²) in [7, 11) is 1.99. The highest BCUT2D eigenvalue weighted by Crippen LogP contribution is 2.25. The van der Waals surface area contributed by atoms with Crippen LogP contribution in [-0.2, 0) is 4.79 Å². The number of nitrogens with zero attached hydrogens (tertiary/aromatic N) is 1. The van der Waals surface area contributed by atoms with Gasteiger partial charge in [-0.05, 0) is 50.2 Å². The third kappa shape index (κ3) is 5.36. The minimum atomic E-state index is 0. The van der Waals surface area contributed by atoms with Crippen molar-refractivity contribution in [3.05, 3.63) is 42.5 Å². The van der Waals surface area contributed by atoms with E-state index in [-0.39, 0.29) is 18.3 Å². The van der Waals surface area contributed by atoms with E-state index in [2.05, 4.69) is 23.5 Å². The lowest BCUT2D eigenvalue weighted by Gasteiger charge is -2.32. The average molecular weight is 377 g/mol. The van der Waals surface area contributed by atoms with Gasteiger partial charge in [0.2, 0.25) is 5.91 Å². The number of carbonyl (C=O) groups excluding carboxylic acids is 1. The summed E-state index contributed by atoms with van der Waals surface area (Å²) in [5, 5.41) is 5.54. The first-order chi connectivity index (χ1) is 12.3. The summed E-state index contributed by atoms with van der Waals surface area (Å²) in [5.74, 6) is 1.88. The van der Waals surface area contributed by atoms with E-state index < -0.39 is 0 Å². The quantitative estimate of drug-likeness (QED) is 0.745. The largest absolute Gasteiger partial charge is 0.493 e. The molecule has 2 aromatic rings. The van der Waals surface area contributed by atoms with Gasteiger partial charge in [-0.25, -0.2) is 0 Å². The van der Waals surface area contributed by atoms with E-state index in [9.17, 15) is 4.79 Å². The van der Waals surface area contributed by atoms with Gasteiger partial charge in [0.1, 0.15) is 5.75 Å². The van der Waals surface area contributed by atoms with Crippen molar-refractivity contribution in [1.29, 1.82) is 0 Å². The third-order valence-electron chi connectivity index (χ3n) is 5.00. The van der Waals surface area contributed by atoms with Crippen molar-refractivity contribution in [3.63, 3.8) is 0 Å². The first-order valence-corrected chi connectivity index (χ1v) is 9.31. The molecule has 1 heterocycles. The Bertz CT molecular complexity index is 694. The zero-order valence-corrected chi connectivity index (χ0v) is 16.3. The van der Waals surface area contributed by atoms with Crippen molar-refractivity contribution in [2.24, 2.45) is 5.92 Å². The van der Waals surface area contributed by atoms with Crippen LogP contribution in [0.15, 0.2) is 42.5 Å². The number of amides is 1. The highest BCUT2D eigenvalue weighted by atomic mass is 35.5. The van der Waals surface area contributed by atoms with Crippen molar-refractivity contribution in [2.75, 3.05) is 33.3 Å². The van der Waals surface area contributed by atoms with E-state index in [1.165, 1.54) is 5.39 Å². The van der Waals surface area contributed by atoms with Crippen LogP contribution in [0.2, 0.25) is 0 Å². The Hall–Kier alpha value is -1.78. The standard InChI is InChI=1S/C21H28N2O2.ClH/c1-22-16-17-11-13-23(14-12-17)21(24)10-5-15-25-20-9-4-7-18-6-2-3-8-19(18)20;/h2-4,6-9,17,22H,5,10-16H2,1H3;1H. The molecule has 2 aromatic carbocycles. The number of piperidine rings is 1. The van der Waals surface area contributed by atoms with Crippen LogP contribution in [0.3, 0.4) is 0 Å². The molecule has 1 aliphatic rings. The number of ether oxygens (including phenoxy) is 1. The first-order valence-electron chi connectivity index (χ1n) is 9.31. The zero-order valence-electron chi connectivity index (χ0n) is 15.4. The van der Waals surface area contributed by atoms with E-state index in [0.717, 1.165) is 50.0 Å². The zero-order chi connectivity index (χ0) is 17.5. The van der Waals surface area contributed by atoms with Gasteiger partial charge in [0.15, 0.2) is 0 Å². The Labute approximate surface area is 162 Å². The summed E-state index contributed by atoms with van der Waals surface area (Å²) in [4.78, 5) is 14.4. The smallest absolute Gasteiger partial charge is 0.222 e. The van der Waals surface area contributed by atoms with Crippen molar-refractivity contribution >= 4 is 29.1 Å². The van der Waals surface area contributed by atoms with E-state index in [4.69, 9.17) is 4.74 Å². The highest BCUT2D eigenvalue weighted by molar-refractivity contribution is 5.88. The number of carbonyl (C=O) groups is 1. The summed E-state index contributed by atoms with van der Waals surface area (Å²) in [6.07, 6.45) is 3.55. The lowest BCUT2D eigenvalue weighted by atomic mass is 9.96. The molecular weight excluding hydrogens is 348 g/mol. The molecule has 5 heteroatoms. The second kappa shape index (κ2) is 10.4. The number of fused-ring (bicyclic) bond motifs is 1. The molecule has 0 radical (unpaired) electrons. The minimum absolute atomic E-state index is 0. The van der Waals surface area contributed by atoms with Gasteiger partial charge in [-0.15, -0.1) is 12.4 Å². The predicted molar refractivity (Wildman–Crippen MR) is 109 cm³/mol.